The lowest BCUT2D eigenvalue weighted by molar-refractivity contribution is -0.139. The van der Waals surface area contributed by atoms with Gasteiger partial charge in [0.05, 0.1) is 19.8 Å². The molecule has 0 atom stereocenters. The molecule has 0 saturated carbocycles. The number of carbonyl (C=O) groups excluding carboxylic acids is 1. The third kappa shape index (κ3) is 15.1. The van der Waals surface area contributed by atoms with E-state index in [0.29, 0.717) is 19.8 Å². The monoisotopic (exact) mass is 272 g/mol. The van der Waals surface area contributed by atoms with Crippen LogP contribution in [-0.2, 0) is 19.0 Å². The van der Waals surface area contributed by atoms with Gasteiger partial charge in [0.1, 0.15) is 6.61 Å². The average Bonchev–Trinajstić information content (AvgIpc) is 2.43. The minimum atomic E-state index is -0.414. The molecule has 0 heterocycles. The van der Waals surface area contributed by atoms with Crippen LogP contribution in [0.15, 0.2) is 12.7 Å². The van der Waals surface area contributed by atoms with E-state index in [1.807, 2.05) is 0 Å². The molecule has 0 amide bonds. The summed E-state index contributed by atoms with van der Waals surface area (Å²) in [6, 6.07) is 0. The molecule has 0 aliphatic rings. The van der Waals surface area contributed by atoms with Crippen molar-refractivity contribution in [3.8, 4) is 0 Å². The first-order chi connectivity index (χ1) is 9.31. The topological polar surface area (TPSA) is 44.8 Å². The second-order valence-electron chi connectivity index (χ2n) is 4.36. The van der Waals surface area contributed by atoms with Gasteiger partial charge in [-0.3, -0.25) is 0 Å². The van der Waals surface area contributed by atoms with Crippen molar-refractivity contribution in [1.29, 1.82) is 0 Å². The Balaban J connectivity index is 2.99. The Morgan fingerprint density at radius 2 is 1.47 bits per heavy atom. The van der Waals surface area contributed by atoms with Crippen LogP contribution in [0.4, 0.5) is 0 Å². The fraction of sp³-hybridized carbons (Fsp3) is 0.800. The number of esters is 1. The van der Waals surface area contributed by atoms with Crippen molar-refractivity contribution in [2.75, 3.05) is 33.0 Å². The zero-order valence-corrected chi connectivity index (χ0v) is 12.2. The van der Waals surface area contributed by atoms with Crippen LogP contribution in [0.5, 0.6) is 0 Å². The van der Waals surface area contributed by atoms with Crippen molar-refractivity contribution >= 4 is 5.97 Å². The minimum Gasteiger partial charge on any atom is -0.460 e. The van der Waals surface area contributed by atoms with Gasteiger partial charge >= 0.3 is 5.97 Å². The van der Waals surface area contributed by atoms with Gasteiger partial charge in [-0.15, -0.1) is 0 Å². The maximum Gasteiger partial charge on any atom is 0.330 e. The molecule has 0 bridgehead atoms. The molecule has 0 aliphatic heterocycles. The van der Waals surface area contributed by atoms with E-state index in [4.69, 9.17) is 14.2 Å². The van der Waals surface area contributed by atoms with Gasteiger partial charge in [-0.05, 0) is 6.42 Å². The summed E-state index contributed by atoms with van der Waals surface area (Å²) in [6.07, 6.45) is 8.79. The van der Waals surface area contributed by atoms with Gasteiger partial charge in [0.25, 0.3) is 0 Å². The van der Waals surface area contributed by atoms with Gasteiger partial charge in [0, 0.05) is 12.7 Å². The molecule has 0 aliphatic carbocycles. The highest BCUT2D eigenvalue weighted by Crippen LogP contribution is 2.04. The van der Waals surface area contributed by atoms with Gasteiger partial charge in [0.15, 0.2) is 0 Å². The molecule has 0 N–H and O–H groups in total. The molecule has 0 unspecified atom stereocenters. The highest BCUT2D eigenvalue weighted by molar-refractivity contribution is 5.81. The first-order valence-electron chi connectivity index (χ1n) is 7.26. The van der Waals surface area contributed by atoms with E-state index in [2.05, 4.69) is 13.5 Å². The normalized spacial score (nSPS) is 10.4. The molecular formula is C15H28O4. The molecule has 19 heavy (non-hydrogen) atoms. The summed E-state index contributed by atoms with van der Waals surface area (Å²) in [6.45, 7) is 8.15. The van der Waals surface area contributed by atoms with Crippen molar-refractivity contribution in [2.24, 2.45) is 0 Å². The Kier molecular flexibility index (Phi) is 14.5. The van der Waals surface area contributed by atoms with Crippen LogP contribution >= 0.6 is 0 Å². The van der Waals surface area contributed by atoms with Gasteiger partial charge in [-0.2, -0.15) is 0 Å². The molecule has 0 aromatic rings. The van der Waals surface area contributed by atoms with Crippen molar-refractivity contribution in [2.45, 2.75) is 45.4 Å². The summed E-state index contributed by atoms with van der Waals surface area (Å²) in [4.78, 5) is 10.7. The van der Waals surface area contributed by atoms with E-state index in [1.54, 1.807) is 0 Å². The Bertz CT molecular complexity index is 216. The van der Waals surface area contributed by atoms with E-state index in [0.717, 1.165) is 19.1 Å². The second-order valence-corrected chi connectivity index (χ2v) is 4.36. The molecule has 4 heteroatoms. The molecule has 112 valence electrons. The maximum atomic E-state index is 10.7. The molecule has 0 radical (unpaired) electrons. The smallest absolute Gasteiger partial charge is 0.330 e. The van der Waals surface area contributed by atoms with E-state index in [1.165, 1.54) is 32.1 Å². The second kappa shape index (κ2) is 15.2. The van der Waals surface area contributed by atoms with Crippen LogP contribution in [0.25, 0.3) is 0 Å². The molecular weight excluding hydrogens is 244 g/mol. The van der Waals surface area contributed by atoms with Crippen LogP contribution < -0.4 is 0 Å². The molecule has 4 nitrogen and oxygen atoms in total. The van der Waals surface area contributed by atoms with E-state index in [-0.39, 0.29) is 6.61 Å². The summed E-state index contributed by atoms with van der Waals surface area (Å²) < 4.78 is 15.5. The lowest BCUT2D eigenvalue weighted by atomic mass is 10.1. The molecule has 0 saturated heterocycles. The van der Waals surface area contributed by atoms with Gasteiger partial charge in [-0.1, -0.05) is 45.6 Å². The Hall–Kier alpha value is -0.870. The predicted molar refractivity (Wildman–Crippen MR) is 76.2 cm³/mol. The third-order valence-corrected chi connectivity index (χ3v) is 2.65. The van der Waals surface area contributed by atoms with Crippen LogP contribution in [0.3, 0.4) is 0 Å². The fourth-order valence-corrected chi connectivity index (χ4v) is 1.57. The summed E-state index contributed by atoms with van der Waals surface area (Å²) in [5.41, 5.74) is 0. The molecule has 0 aromatic carbocycles. The largest absolute Gasteiger partial charge is 0.460 e. The van der Waals surface area contributed by atoms with Crippen molar-refractivity contribution < 1.29 is 19.0 Å². The Morgan fingerprint density at radius 3 is 2.16 bits per heavy atom. The number of hydrogen-bond acceptors (Lipinski definition) is 4. The van der Waals surface area contributed by atoms with Gasteiger partial charge < -0.3 is 14.2 Å². The lowest BCUT2D eigenvalue weighted by Gasteiger charge is -2.06. The minimum absolute atomic E-state index is 0.266. The highest BCUT2D eigenvalue weighted by Gasteiger charge is 1.95. The van der Waals surface area contributed by atoms with Gasteiger partial charge in [-0.25, -0.2) is 4.79 Å². The van der Waals surface area contributed by atoms with Crippen LogP contribution in [-0.4, -0.2) is 39.0 Å². The third-order valence-electron chi connectivity index (χ3n) is 2.65. The number of carbonyl (C=O) groups is 1. The van der Waals surface area contributed by atoms with Crippen molar-refractivity contribution in [3.63, 3.8) is 0 Å². The SMILES string of the molecule is C=CC(=O)OCCOCCOCCCCCCCC. The molecule has 0 spiro atoms. The first kappa shape index (κ1) is 18.1. The lowest BCUT2D eigenvalue weighted by Crippen LogP contribution is -2.11. The number of hydrogen-bond donors (Lipinski definition) is 0. The van der Waals surface area contributed by atoms with E-state index < -0.39 is 5.97 Å². The fourth-order valence-electron chi connectivity index (χ4n) is 1.57. The zero-order chi connectivity index (χ0) is 14.2. The van der Waals surface area contributed by atoms with E-state index >= 15 is 0 Å². The standard InChI is InChI=1S/C15H28O4/c1-3-5-6-7-8-9-10-17-11-12-18-13-14-19-15(16)4-2/h4H,2-3,5-14H2,1H3. The predicted octanol–water partition coefficient (Wildman–Crippen LogP) is 3.11. The summed E-state index contributed by atoms with van der Waals surface area (Å²) in [5, 5.41) is 0. The highest BCUT2D eigenvalue weighted by atomic mass is 16.6. The van der Waals surface area contributed by atoms with Crippen LogP contribution in [0, 0.1) is 0 Å². The summed E-state index contributed by atoms with van der Waals surface area (Å²) >= 11 is 0. The Labute approximate surface area is 117 Å². The molecule has 0 aromatic heterocycles. The molecule has 0 rings (SSSR count). The molecule has 0 fully saturated rings. The van der Waals surface area contributed by atoms with E-state index in [9.17, 15) is 4.79 Å². The average molecular weight is 272 g/mol. The number of ether oxygens (including phenoxy) is 3. The Morgan fingerprint density at radius 1 is 0.895 bits per heavy atom. The summed E-state index contributed by atoms with van der Waals surface area (Å²) in [7, 11) is 0. The zero-order valence-electron chi connectivity index (χ0n) is 12.2. The van der Waals surface area contributed by atoms with Crippen molar-refractivity contribution in [1.82, 2.24) is 0 Å². The van der Waals surface area contributed by atoms with Gasteiger partial charge in [0.2, 0.25) is 0 Å². The van der Waals surface area contributed by atoms with Crippen LogP contribution in [0.1, 0.15) is 45.4 Å². The number of unbranched alkanes of at least 4 members (excludes halogenated alkanes) is 5. The first-order valence-corrected chi connectivity index (χ1v) is 7.26. The number of rotatable bonds is 14. The van der Waals surface area contributed by atoms with Crippen molar-refractivity contribution in [3.05, 3.63) is 12.7 Å². The summed E-state index contributed by atoms with van der Waals surface area (Å²) in [5.74, 6) is -0.414. The quantitative estimate of drug-likeness (QED) is 0.277. The van der Waals surface area contributed by atoms with Crippen LogP contribution in [0.2, 0.25) is 0 Å². The maximum absolute atomic E-state index is 10.7.